The van der Waals surface area contributed by atoms with E-state index >= 15 is 0 Å². The third kappa shape index (κ3) is 3.36. The van der Waals surface area contributed by atoms with Gasteiger partial charge in [-0.3, -0.25) is 4.79 Å². The molecular formula is C17H22N4O. The van der Waals surface area contributed by atoms with Gasteiger partial charge in [-0.2, -0.15) is 5.10 Å². The van der Waals surface area contributed by atoms with E-state index < -0.39 is 0 Å². The molecule has 2 aromatic rings. The maximum Gasteiger partial charge on any atom is 0.223 e. The van der Waals surface area contributed by atoms with Gasteiger partial charge in [0.05, 0.1) is 5.69 Å². The minimum Gasteiger partial charge on any atom is -0.356 e. The standard InChI is InChI=1S/C17H22N4O/c1-13(15-11-18-12-15)17(22)19-9-7-14-3-5-16(6-4-14)21-10-2-8-20-21/h2-6,8,10,13,15,18H,7,9,11-12H2,1H3,(H,19,22). The molecule has 1 atom stereocenters. The molecule has 1 amide bonds. The van der Waals surface area contributed by atoms with Crippen molar-refractivity contribution in [3.63, 3.8) is 0 Å². The number of nitrogens with one attached hydrogen (secondary N) is 2. The Balaban J connectivity index is 1.46. The van der Waals surface area contributed by atoms with Crippen molar-refractivity contribution in [3.05, 3.63) is 48.3 Å². The van der Waals surface area contributed by atoms with Crippen LogP contribution in [-0.4, -0.2) is 35.3 Å². The van der Waals surface area contributed by atoms with Crippen molar-refractivity contribution in [2.24, 2.45) is 11.8 Å². The van der Waals surface area contributed by atoms with Gasteiger partial charge >= 0.3 is 0 Å². The average molecular weight is 298 g/mol. The van der Waals surface area contributed by atoms with E-state index in [1.165, 1.54) is 5.56 Å². The number of amides is 1. The highest BCUT2D eigenvalue weighted by Crippen LogP contribution is 2.15. The van der Waals surface area contributed by atoms with Crippen LogP contribution in [0.25, 0.3) is 5.69 Å². The topological polar surface area (TPSA) is 59.0 Å². The van der Waals surface area contributed by atoms with Crippen molar-refractivity contribution in [1.29, 1.82) is 0 Å². The molecule has 0 radical (unpaired) electrons. The van der Waals surface area contributed by atoms with Crippen molar-refractivity contribution < 1.29 is 4.79 Å². The predicted molar refractivity (Wildman–Crippen MR) is 85.8 cm³/mol. The van der Waals surface area contributed by atoms with Crippen LogP contribution in [0.3, 0.4) is 0 Å². The summed E-state index contributed by atoms with van der Waals surface area (Å²) in [5, 5.41) is 10.5. The largest absolute Gasteiger partial charge is 0.356 e. The summed E-state index contributed by atoms with van der Waals surface area (Å²) in [4.78, 5) is 12.0. The van der Waals surface area contributed by atoms with Crippen LogP contribution >= 0.6 is 0 Å². The first kappa shape index (κ1) is 14.8. The van der Waals surface area contributed by atoms with E-state index in [4.69, 9.17) is 0 Å². The lowest BCUT2D eigenvalue weighted by molar-refractivity contribution is -0.126. The first-order chi connectivity index (χ1) is 10.7. The van der Waals surface area contributed by atoms with E-state index in [1.54, 1.807) is 6.20 Å². The molecule has 116 valence electrons. The Morgan fingerprint density at radius 3 is 2.77 bits per heavy atom. The molecule has 1 aliphatic rings. The first-order valence-corrected chi connectivity index (χ1v) is 7.81. The summed E-state index contributed by atoms with van der Waals surface area (Å²) < 4.78 is 1.83. The van der Waals surface area contributed by atoms with Gasteiger partial charge in [0.25, 0.3) is 0 Å². The van der Waals surface area contributed by atoms with Gasteiger partial charge in [0.15, 0.2) is 0 Å². The zero-order valence-electron chi connectivity index (χ0n) is 12.8. The summed E-state index contributed by atoms with van der Waals surface area (Å²) in [6, 6.07) is 10.2. The highest BCUT2D eigenvalue weighted by molar-refractivity contribution is 5.78. The molecule has 3 rings (SSSR count). The Hall–Kier alpha value is -2.14. The minimum absolute atomic E-state index is 0.100. The fourth-order valence-electron chi connectivity index (χ4n) is 2.61. The summed E-state index contributed by atoms with van der Waals surface area (Å²) in [5.74, 6) is 0.761. The van der Waals surface area contributed by atoms with Gasteiger partial charge in [-0.1, -0.05) is 19.1 Å². The Kier molecular flexibility index (Phi) is 4.53. The van der Waals surface area contributed by atoms with Crippen LogP contribution in [0.15, 0.2) is 42.7 Å². The molecular weight excluding hydrogens is 276 g/mol. The molecule has 1 fully saturated rings. The molecule has 2 heterocycles. The van der Waals surface area contributed by atoms with Gasteiger partial charge in [0.2, 0.25) is 5.91 Å². The van der Waals surface area contributed by atoms with Crippen molar-refractivity contribution in [2.45, 2.75) is 13.3 Å². The number of benzene rings is 1. The zero-order valence-corrected chi connectivity index (χ0v) is 12.8. The molecule has 22 heavy (non-hydrogen) atoms. The summed E-state index contributed by atoms with van der Waals surface area (Å²) in [6.45, 7) is 4.62. The Bertz CT molecular complexity index is 602. The quantitative estimate of drug-likeness (QED) is 0.847. The maximum atomic E-state index is 12.0. The van der Waals surface area contributed by atoms with Crippen LogP contribution in [0.1, 0.15) is 12.5 Å². The van der Waals surface area contributed by atoms with Crippen molar-refractivity contribution in [2.75, 3.05) is 19.6 Å². The Morgan fingerprint density at radius 1 is 1.41 bits per heavy atom. The van der Waals surface area contributed by atoms with Crippen LogP contribution < -0.4 is 10.6 Å². The molecule has 1 saturated heterocycles. The fourth-order valence-corrected chi connectivity index (χ4v) is 2.61. The summed E-state index contributed by atoms with van der Waals surface area (Å²) in [6.07, 6.45) is 4.54. The zero-order chi connectivity index (χ0) is 15.4. The molecule has 1 unspecified atom stereocenters. The monoisotopic (exact) mass is 298 g/mol. The molecule has 1 aromatic heterocycles. The number of carbonyl (C=O) groups excluding carboxylic acids is 1. The molecule has 5 heteroatoms. The molecule has 2 N–H and O–H groups in total. The van der Waals surface area contributed by atoms with E-state index in [0.29, 0.717) is 12.5 Å². The van der Waals surface area contributed by atoms with E-state index in [2.05, 4.69) is 27.9 Å². The van der Waals surface area contributed by atoms with E-state index in [9.17, 15) is 4.79 Å². The molecule has 1 aromatic carbocycles. The summed E-state index contributed by atoms with van der Waals surface area (Å²) in [5.41, 5.74) is 2.26. The Morgan fingerprint density at radius 2 is 2.18 bits per heavy atom. The molecule has 0 bridgehead atoms. The Labute approximate surface area is 130 Å². The van der Waals surface area contributed by atoms with Crippen LogP contribution in [0.2, 0.25) is 0 Å². The first-order valence-electron chi connectivity index (χ1n) is 7.81. The van der Waals surface area contributed by atoms with E-state index in [1.807, 2.05) is 36.0 Å². The predicted octanol–water partition coefficient (Wildman–Crippen LogP) is 1.39. The molecule has 0 aliphatic carbocycles. The van der Waals surface area contributed by atoms with Crippen molar-refractivity contribution in [1.82, 2.24) is 20.4 Å². The normalized spacial score (nSPS) is 16.0. The number of hydrogen-bond acceptors (Lipinski definition) is 3. The molecule has 0 spiro atoms. The molecule has 5 nitrogen and oxygen atoms in total. The van der Waals surface area contributed by atoms with Gasteiger partial charge in [-0.05, 0) is 49.2 Å². The molecule has 0 saturated carbocycles. The average Bonchev–Trinajstić information content (AvgIpc) is 3.00. The number of carbonyl (C=O) groups is 1. The van der Waals surface area contributed by atoms with Crippen LogP contribution in [0, 0.1) is 11.8 Å². The SMILES string of the molecule is CC(C(=O)NCCc1ccc(-n2cccn2)cc1)C1CNC1. The van der Waals surface area contributed by atoms with Gasteiger partial charge < -0.3 is 10.6 Å². The second-order valence-electron chi connectivity index (χ2n) is 5.87. The second-order valence-corrected chi connectivity index (χ2v) is 5.87. The van der Waals surface area contributed by atoms with Crippen LogP contribution in [-0.2, 0) is 11.2 Å². The number of rotatable bonds is 6. The van der Waals surface area contributed by atoms with Gasteiger partial charge in [0, 0.05) is 24.9 Å². The number of aromatic nitrogens is 2. The highest BCUT2D eigenvalue weighted by Gasteiger charge is 2.28. The van der Waals surface area contributed by atoms with Crippen molar-refractivity contribution in [3.8, 4) is 5.69 Å². The van der Waals surface area contributed by atoms with E-state index in [-0.39, 0.29) is 11.8 Å². The maximum absolute atomic E-state index is 12.0. The summed E-state index contributed by atoms with van der Waals surface area (Å²) >= 11 is 0. The van der Waals surface area contributed by atoms with E-state index in [0.717, 1.165) is 25.2 Å². The van der Waals surface area contributed by atoms with Gasteiger partial charge in [-0.15, -0.1) is 0 Å². The lowest BCUT2D eigenvalue weighted by Gasteiger charge is -2.31. The van der Waals surface area contributed by atoms with Crippen LogP contribution in [0.4, 0.5) is 0 Å². The fraction of sp³-hybridized carbons (Fsp3) is 0.412. The lowest BCUT2D eigenvalue weighted by atomic mass is 9.88. The lowest BCUT2D eigenvalue weighted by Crippen LogP contribution is -2.49. The highest BCUT2D eigenvalue weighted by atomic mass is 16.1. The minimum atomic E-state index is 0.100. The van der Waals surface area contributed by atoms with Crippen LogP contribution in [0.5, 0.6) is 0 Å². The van der Waals surface area contributed by atoms with Gasteiger partial charge in [-0.25, -0.2) is 4.68 Å². The van der Waals surface area contributed by atoms with Crippen molar-refractivity contribution >= 4 is 5.91 Å². The third-order valence-electron chi connectivity index (χ3n) is 4.35. The molecule has 1 aliphatic heterocycles. The summed E-state index contributed by atoms with van der Waals surface area (Å²) in [7, 11) is 0. The number of nitrogens with zero attached hydrogens (tertiary/aromatic N) is 2. The third-order valence-corrected chi connectivity index (χ3v) is 4.35. The number of hydrogen-bond donors (Lipinski definition) is 2. The second kappa shape index (κ2) is 6.75. The van der Waals surface area contributed by atoms with Gasteiger partial charge in [0.1, 0.15) is 0 Å². The smallest absolute Gasteiger partial charge is 0.223 e.